The van der Waals surface area contributed by atoms with Crippen molar-refractivity contribution in [2.45, 2.75) is 51.3 Å². The highest BCUT2D eigenvalue weighted by Crippen LogP contribution is 2.57. The van der Waals surface area contributed by atoms with Crippen LogP contribution in [0.2, 0.25) is 0 Å². The maximum Gasteiger partial charge on any atom is 0.417 e. The lowest BCUT2D eigenvalue weighted by molar-refractivity contribution is -0.137. The van der Waals surface area contributed by atoms with Gasteiger partial charge in [0.25, 0.3) is 0 Å². The zero-order chi connectivity index (χ0) is 31.6. The van der Waals surface area contributed by atoms with Crippen molar-refractivity contribution in [3.05, 3.63) is 54.0 Å². The molecule has 44 heavy (non-hydrogen) atoms. The predicted octanol–water partition coefficient (Wildman–Crippen LogP) is 6.76. The second kappa shape index (κ2) is 10.5. The predicted molar refractivity (Wildman–Crippen MR) is 158 cm³/mol. The number of benzene rings is 2. The molecule has 2 aromatic heterocycles. The van der Waals surface area contributed by atoms with Crippen molar-refractivity contribution in [1.82, 2.24) is 24.2 Å². The summed E-state index contributed by atoms with van der Waals surface area (Å²) in [6.45, 7) is 6.61. The lowest BCUT2D eigenvalue weighted by atomic mass is 9.57. The molecule has 2 aliphatic rings. The molecule has 0 radical (unpaired) electrons. The fourth-order valence-corrected chi connectivity index (χ4v) is 6.53. The smallest absolute Gasteiger partial charge is 0.417 e. The Bertz CT molecular complexity index is 1720. The van der Waals surface area contributed by atoms with E-state index in [-0.39, 0.29) is 35.5 Å². The Balaban J connectivity index is 1.39. The van der Waals surface area contributed by atoms with Gasteiger partial charge in [-0.1, -0.05) is 6.07 Å². The Morgan fingerprint density at radius 1 is 1.07 bits per heavy atom. The number of hydrogen-bond acceptors (Lipinski definition) is 6. The number of amides is 1. The van der Waals surface area contributed by atoms with Gasteiger partial charge in [-0.3, -0.25) is 4.68 Å². The van der Waals surface area contributed by atoms with E-state index in [2.05, 4.69) is 5.10 Å². The van der Waals surface area contributed by atoms with Crippen LogP contribution in [0.3, 0.4) is 0 Å². The average molecular weight is 612 g/mol. The minimum Gasteiger partial charge on any atom is -0.468 e. The van der Waals surface area contributed by atoms with Crippen molar-refractivity contribution >= 4 is 17.0 Å². The standard InChI is InChI=1S/C32H36F3N5O4/c1-30(2,3)44-29(41)40-16-31(17-40)13-21(14-31)28-37-26(19-7-10-25-20(11-19)15-36-39(25)5)27(38(28)4)23-12-22(43-18-42-6)8-9-24(23)32(33,34)35/h7-12,15,21H,13-14,16-18H2,1-6H3. The number of halogens is 3. The normalized spacial score (nSPS) is 16.7. The molecular formula is C32H36F3N5O4. The van der Waals surface area contributed by atoms with Crippen LogP contribution in [0, 0.1) is 5.41 Å². The van der Waals surface area contributed by atoms with Crippen molar-refractivity contribution in [2.24, 2.45) is 19.5 Å². The van der Waals surface area contributed by atoms with E-state index in [4.69, 9.17) is 19.2 Å². The minimum atomic E-state index is -4.61. The van der Waals surface area contributed by atoms with Gasteiger partial charge in [-0.25, -0.2) is 9.78 Å². The Morgan fingerprint density at radius 2 is 1.80 bits per heavy atom. The molecule has 2 aromatic carbocycles. The number of rotatable bonds is 6. The first kappa shape index (κ1) is 30.0. The molecule has 0 bridgehead atoms. The molecule has 9 nitrogen and oxygen atoms in total. The minimum absolute atomic E-state index is 0.0255. The summed E-state index contributed by atoms with van der Waals surface area (Å²) in [5, 5.41) is 5.17. The maximum absolute atomic E-state index is 14.4. The van der Waals surface area contributed by atoms with E-state index in [1.807, 2.05) is 46.0 Å². The largest absolute Gasteiger partial charge is 0.468 e. The van der Waals surface area contributed by atoms with E-state index in [0.29, 0.717) is 35.9 Å². The van der Waals surface area contributed by atoms with Crippen LogP contribution in [0.4, 0.5) is 18.0 Å². The number of carbonyl (C=O) groups is 1. The van der Waals surface area contributed by atoms with Crippen molar-refractivity contribution in [3.8, 4) is 28.3 Å². The van der Waals surface area contributed by atoms with Crippen LogP contribution >= 0.6 is 0 Å². The molecule has 1 aliphatic heterocycles. The summed E-state index contributed by atoms with van der Waals surface area (Å²) < 4.78 is 62.9. The first-order valence-corrected chi connectivity index (χ1v) is 14.5. The molecule has 1 saturated heterocycles. The molecule has 3 heterocycles. The molecule has 1 aliphatic carbocycles. The van der Waals surface area contributed by atoms with Gasteiger partial charge in [0.1, 0.15) is 17.2 Å². The summed E-state index contributed by atoms with van der Waals surface area (Å²) in [5.74, 6) is 0.988. The van der Waals surface area contributed by atoms with Gasteiger partial charge >= 0.3 is 12.3 Å². The third-order valence-corrected chi connectivity index (χ3v) is 8.47. The van der Waals surface area contributed by atoms with Crippen LogP contribution in [0.15, 0.2) is 42.6 Å². The molecular weight excluding hydrogens is 575 g/mol. The van der Waals surface area contributed by atoms with Crippen molar-refractivity contribution in [2.75, 3.05) is 27.0 Å². The number of fused-ring (bicyclic) bond motifs is 1. The zero-order valence-corrected chi connectivity index (χ0v) is 25.7. The van der Waals surface area contributed by atoms with Crippen LogP contribution in [-0.2, 0) is 29.7 Å². The van der Waals surface area contributed by atoms with E-state index in [1.54, 1.807) is 27.4 Å². The number of aromatic nitrogens is 4. The molecule has 1 spiro atoms. The van der Waals surface area contributed by atoms with Crippen LogP contribution in [0.1, 0.15) is 50.9 Å². The van der Waals surface area contributed by atoms with Gasteiger partial charge in [-0.15, -0.1) is 0 Å². The summed E-state index contributed by atoms with van der Waals surface area (Å²) in [7, 11) is 5.06. The number of aryl methyl sites for hydroxylation is 1. The molecule has 4 aromatic rings. The Hall–Kier alpha value is -4.06. The number of ether oxygens (including phenoxy) is 3. The number of imidazole rings is 1. The Morgan fingerprint density at radius 3 is 2.45 bits per heavy atom. The number of alkyl halides is 3. The van der Waals surface area contributed by atoms with Gasteiger partial charge in [0.05, 0.1) is 28.7 Å². The summed E-state index contributed by atoms with van der Waals surface area (Å²) >= 11 is 0. The highest BCUT2D eigenvalue weighted by atomic mass is 19.4. The lowest BCUT2D eigenvalue weighted by Crippen LogP contribution is -2.63. The van der Waals surface area contributed by atoms with Crippen LogP contribution in [-0.4, -0.2) is 62.9 Å². The van der Waals surface area contributed by atoms with Gasteiger partial charge in [-0.2, -0.15) is 18.3 Å². The van der Waals surface area contributed by atoms with Gasteiger partial charge in [-0.05, 0) is 63.9 Å². The molecule has 6 rings (SSSR count). The summed E-state index contributed by atoms with van der Waals surface area (Å²) in [5.41, 5.74) is 0.983. The number of carbonyl (C=O) groups excluding carboxylic acids is 1. The SMILES string of the molecule is COCOc1ccc(C(F)(F)F)c(-c2c(-c3ccc4c(cnn4C)c3)nc(C3CC4(C3)CN(C(=O)OC(C)(C)C)C4)n2C)c1. The van der Waals surface area contributed by atoms with E-state index < -0.39 is 17.3 Å². The van der Waals surface area contributed by atoms with Gasteiger partial charge in [0, 0.05) is 62.1 Å². The van der Waals surface area contributed by atoms with E-state index in [0.717, 1.165) is 29.8 Å². The molecule has 1 saturated carbocycles. The monoisotopic (exact) mass is 611 g/mol. The molecule has 1 amide bonds. The Labute approximate surface area is 253 Å². The number of likely N-dealkylation sites (tertiary alicyclic amines) is 1. The highest BCUT2D eigenvalue weighted by Gasteiger charge is 2.55. The van der Waals surface area contributed by atoms with Gasteiger partial charge < -0.3 is 23.7 Å². The number of hydrogen-bond donors (Lipinski definition) is 0. The second-order valence-electron chi connectivity index (χ2n) is 13.0. The fourth-order valence-electron chi connectivity index (χ4n) is 6.53. The van der Waals surface area contributed by atoms with Gasteiger partial charge in [0.2, 0.25) is 0 Å². The van der Waals surface area contributed by atoms with E-state index in [1.165, 1.54) is 19.2 Å². The second-order valence-corrected chi connectivity index (χ2v) is 13.0. The van der Waals surface area contributed by atoms with Crippen LogP contribution < -0.4 is 4.74 Å². The quantitative estimate of drug-likeness (QED) is 0.224. The Kier molecular flexibility index (Phi) is 7.18. The highest BCUT2D eigenvalue weighted by molar-refractivity contribution is 5.88. The van der Waals surface area contributed by atoms with Crippen molar-refractivity contribution in [1.29, 1.82) is 0 Å². The molecule has 0 atom stereocenters. The topological polar surface area (TPSA) is 83.6 Å². The summed E-state index contributed by atoms with van der Waals surface area (Å²) in [6.07, 6.45) is -1.65. The van der Waals surface area contributed by atoms with Crippen LogP contribution in [0.5, 0.6) is 5.75 Å². The number of nitrogens with zero attached hydrogens (tertiary/aromatic N) is 5. The zero-order valence-electron chi connectivity index (χ0n) is 25.7. The van der Waals surface area contributed by atoms with Gasteiger partial charge in [0.15, 0.2) is 6.79 Å². The number of methoxy groups -OCH3 is 1. The molecule has 12 heteroatoms. The molecule has 234 valence electrons. The maximum atomic E-state index is 14.4. The van der Waals surface area contributed by atoms with Crippen LogP contribution in [0.25, 0.3) is 33.4 Å². The van der Waals surface area contributed by atoms with Crippen molar-refractivity contribution in [3.63, 3.8) is 0 Å². The lowest BCUT2D eigenvalue weighted by Gasteiger charge is -2.58. The van der Waals surface area contributed by atoms with E-state index >= 15 is 0 Å². The summed E-state index contributed by atoms with van der Waals surface area (Å²) in [4.78, 5) is 19.2. The first-order chi connectivity index (χ1) is 20.7. The first-order valence-electron chi connectivity index (χ1n) is 14.5. The van der Waals surface area contributed by atoms with E-state index in [9.17, 15) is 18.0 Å². The third-order valence-electron chi connectivity index (χ3n) is 8.47. The molecule has 2 fully saturated rings. The van der Waals surface area contributed by atoms with Crippen molar-refractivity contribution < 1.29 is 32.2 Å². The average Bonchev–Trinajstić information content (AvgIpc) is 3.43. The molecule has 0 unspecified atom stereocenters. The molecule has 0 N–H and O–H groups in total. The third kappa shape index (κ3) is 5.40. The fraction of sp³-hybridized carbons (Fsp3) is 0.469. The summed E-state index contributed by atoms with van der Waals surface area (Å²) in [6, 6.07) is 9.42.